The molecular formula is C15HF21O4S. The largest absolute Gasteiger partial charge is 0.446 e. The molecule has 0 aromatic heterocycles. The van der Waals surface area contributed by atoms with E-state index in [-0.39, 0.29) is 0 Å². The molecule has 1 N–H and O–H groups in total. The van der Waals surface area contributed by atoms with Crippen molar-refractivity contribution in [2.75, 3.05) is 0 Å². The van der Waals surface area contributed by atoms with Crippen LogP contribution in [-0.4, -0.2) is 55.1 Å². The van der Waals surface area contributed by atoms with Gasteiger partial charge in [-0.2, -0.15) is 74.3 Å². The molecule has 0 radical (unpaired) electrons. The van der Waals surface area contributed by atoms with Crippen molar-refractivity contribution in [2.45, 2.75) is 47.0 Å². The van der Waals surface area contributed by atoms with Crippen molar-refractivity contribution in [3.05, 3.63) is 34.7 Å². The van der Waals surface area contributed by atoms with Crippen LogP contribution in [0.4, 0.5) is 92.2 Å². The number of rotatable bonds is 6. The Kier molecular flexibility index (Phi) is 8.74. The smallest absolute Gasteiger partial charge is 0.425 e. The lowest BCUT2D eigenvalue weighted by Gasteiger charge is -2.42. The molecule has 1 aromatic carbocycles. The number of hydrogen-bond donors (Lipinski definition) is 1. The third-order valence-corrected chi connectivity index (χ3v) is 5.28. The van der Waals surface area contributed by atoms with Crippen LogP contribution in [0.5, 0.6) is 5.75 Å². The van der Waals surface area contributed by atoms with Crippen LogP contribution < -0.4 is 4.74 Å². The van der Waals surface area contributed by atoms with E-state index >= 15 is 0 Å². The molecule has 41 heavy (non-hydrogen) atoms. The topological polar surface area (TPSA) is 63.6 Å². The summed E-state index contributed by atoms with van der Waals surface area (Å²) < 4.78 is 315. The fourth-order valence-corrected chi connectivity index (χ4v) is 3.37. The predicted molar refractivity (Wildman–Crippen MR) is 81.7 cm³/mol. The molecule has 0 aliphatic rings. The van der Waals surface area contributed by atoms with Gasteiger partial charge in [-0.15, -0.1) is 0 Å². The van der Waals surface area contributed by atoms with Gasteiger partial charge in [0.25, 0.3) is 0 Å². The molecule has 0 saturated heterocycles. The number of allylic oxidation sites excluding steroid dienone is 1. The van der Waals surface area contributed by atoms with Gasteiger partial charge in [-0.1, -0.05) is 0 Å². The van der Waals surface area contributed by atoms with Gasteiger partial charge in [0.1, 0.15) is 0 Å². The van der Waals surface area contributed by atoms with Gasteiger partial charge in [-0.25, -0.2) is 26.3 Å². The van der Waals surface area contributed by atoms with Crippen LogP contribution >= 0.6 is 0 Å². The van der Waals surface area contributed by atoms with E-state index in [0.717, 1.165) is 0 Å². The first-order chi connectivity index (χ1) is 17.6. The molecule has 0 aliphatic carbocycles. The Morgan fingerprint density at radius 3 is 1.22 bits per heavy atom. The average Bonchev–Trinajstić information content (AvgIpc) is 2.71. The van der Waals surface area contributed by atoms with Gasteiger partial charge in [0.2, 0.25) is 17.5 Å². The number of alkyl halides is 16. The maximum atomic E-state index is 15.0. The number of benzene rings is 1. The standard InChI is InChI=1S/C15HF21O4S/c16-1-2(17)4(19)6(41(37,38)39)5(3(1)18)40-15(35,36)10(22,14(32,33)34)7(8(20)11(23,24)25)9(21,12(26,27)28)13(29,30)31/h(H,37,38,39). The lowest BCUT2D eigenvalue weighted by molar-refractivity contribution is -0.374. The van der Waals surface area contributed by atoms with Crippen LogP contribution in [0.2, 0.25) is 0 Å². The van der Waals surface area contributed by atoms with Crippen molar-refractivity contribution in [3.63, 3.8) is 0 Å². The first kappa shape index (κ1) is 36.2. The summed E-state index contributed by atoms with van der Waals surface area (Å²) in [5.74, 6) is -24.6. The highest BCUT2D eigenvalue weighted by Crippen LogP contribution is 2.63. The van der Waals surface area contributed by atoms with E-state index in [9.17, 15) is 101 Å². The van der Waals surface area contributed by atoms with Gasteiger partial charge in [-0.05, 0) is 0 Å². The Labute approximate surface area is 208 Å². The van der Waals surface area contributed by atoms with Crippen LogP contribution in [0.3, 0.4) is 0 Å². The second-order valence-corrected chi connectivity index (χ2v) is 8.36. The average molecular weight is 676 g/mol. The molecule has 26 heteroatoms. The van der Waals surface area contributed by atoms with Crippen molar-refractivity contribution in [2.24, 2.45) is 0 Å². The lowest BCUT2D eigenvalue weighted by atomic mass is 9.79. The minimum Gasteiger partial charge on any atom is -0.425 e. The summed E-state index contributed by atoms with van der Waals surface area (Å²) >= 11 is 0. The third kappa shape index (κ3) is 5.67. The van der Waals surface area contributed by atoms with Crippen LogP contribution in [0.25, 0.3) is 0 Å². The summed E-state index contributed by atoms with van der Waals surface area (Å²) in [6, 6.07) is 0. The second kappa shape index (κ2) is 9.89. The number of ether oxygens (including phenoxy) is 1. The molecule has 1 unspecified atom stereocenters. The van der Waals surface area contributed by atoms with Crippen molar-refractivity contribution in [1.82, 2.24) is 0 Å². The molecule has 0 fully saturated rings. The maximum absolute atomic E-state index is 15.0. The molecule has 0 amide bonds. The van der Waals surface area contributed by atoms with Crippen LogP contribution in [0.15, 0.2) is 16.3 Å². The Bertz CT molecular complexity index is 1320. The van der Waals surface area contributed by atoms with Crippen LogP contribution in [0.1, 0.15) is 0 Å². The third-order valence-electron chi connectivity index (χ3n) is 4.40. The summed E-state index contributed by atoms with van der Waals surface area (Å²) in [4.78, 5) is -3.65. The Hall–Kier alpha value is -2.80. The molecule has 0 spiro atoms. The highest BCUT2D eigenvalue weighted by Gasteiger charge is 2.88. The van der Waals surface area contributed by atoms with Gasteiger partial charge < -0.3 is 4.74 Å². The summed E-state index contributed by atoms with van der Waals surface area (Å²) in [7, 11) is -7.00. The normalized spacial score (nSPS) is 16.8. The molecule has 0 aliphatic heterocycles. The molecular weight excluding hydrogens is 675 g/mol. The van der Waals surface area contributed by atoms with E-state index in [1.54, 1.807) is 0 Å². The maximum Gasteiger partial charge on any atom is 0.446 e. The molecule has 238 valence electrons. The molecule has 1 atom stereocenters. The monoisotopic (exact) mass is 676 g/mol. The van der Waals surface area contributed by atoms with E-state index in [1.807, 2.05) is 0 Å². The zero-order chi connectivity index (χ0) is 33.3. The molecule has 0 bridgehead atoms. The minimum absolute atomic E-state index is 2.20. The van der Waals surface area contributed by atoms with E-state index in [4.69, 9.17) is 4.55 Å². The summed E-state index contributed by atoms with van der Waals surface area (Å²) in [5.41, 5.74) is -23.9. The summed E-state index contributed by atoms with van der Waals surface area (Å²) in [6.07, 6.45) is -41.7. The fraction of sp³-hybridized carbons (Fsp3) is 0.467. The zero-order valence-electron chi connectivity index (χ0n) is 17.5. The SMILES string of the molecule is O=S(=O)(O)c1c(F)c(F)c(F)c(F)c1OC(F)(F)C(F)(C(=C(F)C(F)(F)F)C(F)(C(F)(F)F)C(F)(F)F)C(F)(F)F. The van der Waals surface area contributed by atoms with Crippen molar-refractivity contribution < 1.29 is 110 Å². The van der Waals surface area contributed by atoms with Crippen LogP contribution in [-0.2, 0) is 10.1 Å². The lowest BCUT2D eigenvalue weighted by Crippen LogP contribution is -2.68. The summed E-state index contributed by atoms with van der Waals surface area (Å²) in [5, 5.41) is 0. The minimum atomic E-state index is -8.84. The zero-order valence-corrected chi connectivity index (χ0v) is 18.3. The first-order valence-corrected chi connectivity index (χ1v) is 10.0. The molecule has 0 heterocycles. The van der Waals surface area contributed by atoms with E-state index < -0.39 is 97.6 Å². The summed E-state index contributed by atoms with van der Waals surface area (Å²) in [6.45, 7) is 0. The van der Waals surface area contributed by atoms with Crippen molar-refractivity contribution >= 4 is 10.1 Å². The Morgan fingerprint density at radius 2 is 0.927 bits per heavy atom. The van der Waals surface area contributed by atoms with Gasteiger partial charge in [0, 0.05) is 0 Å². The van der Waals surface area contributed by atoms with Gasteiger partial charge in [0.15, 0.2) is 22.3 Å². The van der Waals surface area contributed by atoms with Crippen molar-refractivity contribution in [3.8, 4) is 5.75 Å². The van der Waals surface area contributed by atoms with Crippen LogP contribution in [0, 0.1) is 23.3 Å². The van der Waals surface area contributed by atoms with Gasteiger partial charge in [0.05, 0.1) is 5.57 Å². The van der Waals surface area contributed by atoms with E-state index in [0.29, 0.717) is 0 Å². The molecule has 1 aromatic rings. The highest BCUT2D eigenvalue weighted by atomic mass is 32.2. The molecule has 1 rings (SSSR count). The van der Waals surface area contributed by atoms with E-state index in [1.165, 1.54) is 0 Å². The van der Waals surface area contributed by atoms with Gasteiger partial charge >= 0.3 is 52.3 Å². The quantitative estimate of drug-likeness (QED) is 0.148. The van der Waals surface area contributed by atoms with Crippen molar-refractivity contribution in [1.29, 1.82) is 0 Å². The van der Waals surface area contributed by atoms with E-state index in [2.05, 4.69) is 4.74 Å². The van der Waals surface area contributed by atoms with Gasteiger partial charge in [-0.3, -0.25) is 4.55 Å². The Morgan fingerprint density at radius 1 is 0.585 bits per heavy atom. The Balaban J connectivity index is 4.57. The number of halogens is 21. The molecule has 4 nitrogen and oxygen atoms in total. The number of hydrogen-bond acceptors (Lipinski definition) is 3. The highest BCUT2D eigenvalue weighted by molar-refractivity contribution is 7.86. The second-order valence-electron chi connectivity index (χ2n) is 7.01. The fourth-order valence-electron chi connectivity index (χ4n) is 2.69. The molecule has 0 saturated carbocycles. The predicted octanol–water partition coefficient (Wildman–Crippen LogP) is 7.35. The first-order valence-electron chi connectivity index (χ1n) is 8.60.